The maximum absolute atomic E-state index is 12.4. The van der Waals surface area contributed by atoms with E-state index in [-0.39, 0.29) is 4.90 Å². The number of anilines is 1. The van der Waals surface area contributed by atoms with E-state index in [9.17, 15) is 8.42 Å². The Labute approximate surface area is 123 Å². The first kappa shape index (κ1) is 15.2. The van der Waals surface area contributed by atoms with Crippen LogP contribution >= 0.6 is 0 Å². The Bertz CT molecular complexity index is 733. The number of ether oxygens (including phenoxy) is 2. The van der Waals surface area contributed by atoms with Crippen molar-refractivity contribution in [1.82, 2.24) is 10.2 Å². The number of hydrogen-bond donors (Lipinski definition) is 2. The van der Waals surface area contributed by atoms with Gasteiger partial charge in [-0.05, 0) is 26.0 Å². The summed E-state index contributed by atoms with van der Waals surface area (Å²) in [6.45, 7) is 3.29. The van der Waals surface area contributed by atoms with Crippen molar-refractivity contribution in [2.75, 3.05) is 18.9 Å². The van der Waals surface area contributed by atoms with Gasteiger partial charge in [0.2, 0.25) is 0 Å². The SMILES string of the molecule is COc1ccc(NS(=O)(=O)c2c(C)n[nH]c2C)cc1OC. The topological polar surface area (TPSA) is 93.3 Å². The third-order valence-corrected chi connectivity index (χ3v) is 4.61. The number of sulfonamides is 1. The fraction of sp³-hybridized carbons (Fsp3) is 0.308. The van der Waals surface area contributed by atoms with Gasteiger partial charge in [0.1, 0.15) is 4.90 Å². The lowest BCUT2D eigenvalue weighted by molar-refractivity contribution is 0.355. The molecule has 0 bridgehead atoms. The molecule has 2 rings (SSSR count). The third-order valence-electron chi connectivity index (χ3n) is 2.96. The van der Waals surface area contributed by atoms with Gasteiger partial charge in [-0.25, -0.2) is 8.42 Å². The van der Waals surface area contributed by atoms with E-state index in [4.69, 9.17) is 9.47 Å². The molecule has 0 saturated heterocycles. The Kier molecular flexibility index (Phi) is 4.08. The molecule has 0 radical (unpaired) electrons. The molecule has 7 nitrogen and oxygen atoms in total. The van der Waals surface area contributed by atoms with E-state index in [1.54, 1.807) is 32.0 Å². The van der Waals surface area contributed by atoms with Crippen molar-refractivity contribution in [2.45, 2.75) is 18.7 Å². The Morgan fingerprint density at radius 3 is 2.33 bits per heavy atom. The van der Waals surface area contributed by atoms with Crippen LogP contribution in [-0.2, 0) is 10.0 Å². The number of nitrogens with one attached hydrogen (secondary N) is 2. The second-order valence-corrected chi connectivity index (χ2v) is 6.06. The van der Waals surface area contributed by atoms with Crippen LogP contribution in [0, 0.1) is 13.8 Å². The second kappa shape index (κ2) is 5.65. The Morgan fingerprint density at radius 1 is 1.14 bits per heavy atom. The van der Waals surface area contributed by atoms with Crippen LogP contribution in [0.4, 0.5) is 5.69 Å². The quantitative estimate of drug-likeness (QED) is 0.879. The molecule has 1 heterocycles. The molecular weight excluding hydrogens is 294 g/mol. The summed E-state index contributed by atoms with van der Waals surface area (Å²) in [6.07, 6.45) is 0. The van der Waals surface area contributed by atoms with Crippen molar-refractivity contribution in [2.24, 2.45) is 0 Å². The molecular formula is C13H17N3O4S. The number of aryl methyl sites for hydroxylation is 2. The summed E-state index contributed by atoms with van der Waals surface area (Å²) in [5.74, 6) is 0.967. The number of aromatic amines is 1. The predicted octanol–water partition coefficient (Wildman–Crippen LogP) is 1.84. The van der Waals surface area contributed by atoms with Gasteiger partial charge in [0.15, 0.2) is 11.5 Å². The maximum atomic E-state index is 12.4. The molecule has 0 unspecified atom stereocenters. The molecule has 21 heavy (non-hydrogen) atoms. The molecule has 2 aromatic rings. The highest BCUT2D eigenvalue weighted by molar-refractivity contribution is 7.92. The van der Waals surface area contributed by atoms with Crippen molar-refractivity contribution >= 4 is 15.7 Å². The number of benzene rings is 1. The molecule has 0 spiro atoms. The van der Waals surface area contributed by atoms with Gasteiger partial charge in [0, 0.05) is 6.07 Å². The number of nitrogens with zero attached hydrogens (tertiary/aromatic N) is 1. The van der Waals surface area contributed by atoms with Crippen molar-refractivity contribution < 1.29 is 17.9 Å². The first-order valence-corrected chi connectivity index (χ1v) is 7.63. The van der Waals surface area contributed by atoms with Crippen molar-refractivity contribution in [3.05, 3.63) is 29.6 Å². The molecule has 1 aromatic carbocycles. The summed E-state index contributed by atoms with van der Waals surface area (Å²) >= 11 is 0. The average molecular weight is 311 g/mol. The van der Waals surface area contributed by atoms with Crippen molar-refractivity contribution in [1.29, 1.82) is 0 Å². The van der Waals surface area contributed by atoms with Crippen LogP contribution in [0.5, 0.6) is 11.5 Å². The maximum Gasteiger partial charge on any atom is 0.265 e. The largest absolute Gasteiger partial charge is 0.493 e. The normalized spacial score (nSPS) is 11.2. The van der Waals surface area contributed by atoms with Crippen LogP contribution in [0.25, 0.3) is 0 Å². The molecule has 1 aromatic heterocycles. The summed E-state index contributed by atoms with van der Waals surface area (Å²) in [5, 5.41) is 6.55. The first-order valence-electron chi connectivity index (χ1n) is 6.15. The van der Waals surface area contributed by atoms with Crippen LogP contribution < -0.4 is 14.2 Å². The fourth-order valence-electron chi connectivity index (χ4n) is 2.04. The lowest BCUT2D eigenvalue weighted by Crippen LogP contribution is -2.14. The van der Waals surface area contributed by atoms with Gasteiger partial charge in [-0.1, -0.05) is 0 Å². The molecule has 0 atom stereocenters. The molecule has 0 fully saturated rings. The Hall–Kier alpha value is -2.22. The molecule has 0 saturated carbocycles. The van der Waals surface area contributed by atoms with Crippen LogP contribution in [0.1, 0.15) is 11.4 Å². The zero-order valence-corrected chi connectivity index (χ0v) is 13.0. The molecule has 2 N–H and O–H groups in total. The second-order valence-electron chi connectivity index (χ2n) is 4.44. The molecule has 8 heteroatoms. The van der Waals surface area contributed by atoms with Gasteiger partial charge in [-0.2, -0.15) is 5.10 Å². The number of rotatable bonds is 5. The lowest BCUT2D eigenvalue weighted by Gasteiger charge is -2.12. The van der Waals surface area contributed by atoms with Crippen LogP contribution in [0.15, 0.2) is 23.1 Å². The van der Waals surface area contributed by atoms with E-state index in [1.807, 2.05) is 0 Å². The van der Waals surface area contributed by atoms with E-state index < -0.39 is 10.0 Å². The van der Waals surface area contributed by atoms with Crippen molar-refractivity contribution in [3.8, 4) is 11.5 Å². The Balaban J connectivity index is 2.38. The van der Waals surface area contributed by atoms with E-state index in [0.717, 1.165) is 0 Å². The smallest absolute Gasteiger partial charge is 0.265 e. The highest BCUT2D eigenvalue weighted by Gasteiger charge is 2.22. The summed E-state index contributed by atoms with van der Waals surface area (Å²) < 4.78 is 37.6. The van der Waals surface area contributed by atoms with Crippen LogP contribution in [0.3, 0.4) is 0 Å². The molecule has 0 aliphatic carbocycles. The highest BCUT2D eigenvalue weighted by atomic mass is 32.2. The van der Waals surface area contributed by atoms with E-state index in [1.165, 1.54) is 14.2 Å². The van der Waals surface area contributed by atoms with Gasteiger partial charge in [0.25, 0.3) is 10.0 Å². The third kappa shape index (κ3) is 2.94. The summed E-state index contributed by atoms with van der Waals surface area (Å²) in [7, 11) is -0.716. The predicted molar refractivity (Wildman–Crippen MR) is 78.4 cm³/mol. The lowest BCUT2D eigenvalue weighted by atomic mass is 10.3. The molecule has 0 amide bonds. The van der Waals surface area contributed by atoms with E-state index in [2.05, 4.69) is 14.9 Å². The van der Waals surface area contributed by atoms with Gasteiger partial charge >= 0.3 is 0 Å². The van der Waals surface area contributed by atoms with Gasteiger partial charge in [-0.3, -0.25) is 9.82 Å². The zero-order valence-electron chi connectivity index (χ0n) is 12.2. The van der Waals surface area contributed by atoms with Crippen LogP contribution in [-0.4, -0.2) is 32.8 Å². The minimum atomic E-state index is -3.72. The monoisotopic (exact) mass is 311 g/mol. The minimum absolute atomic E-state index is 0.150. The minimum Gasteiger partial charge on any atom is -0.493 e. The zero-order chi connectivity index (χ0) is 15.6. The number of H-pyrrole nitrogens is 1. The number of aromatic nitrogens is 2. The Morgan fingerprint density at radius 2 is 1.81 bits per heavy atom. The average Bonchev–Trinajstić information content (AvgIpc) is 2.78. The first-order chi connectivity index (χ1) is 9.89. The van der Waals surface area contributed by atoms with Gasteiger partial charge < -0.3 is 9.47 Å². The summed E-state index contributed by atoms with van der Waals surface area (Å²) in [5.41, 5.74) is 1.29. The van der Waals surface area contributed by atoms with E-state index >= 15 is 0 Å². The van der Waals surface area contributed by atoms with Crippen molar-refractivity contribution in [3.63, 3.8) is 0 Å². The molecule has 114 valence electrons. The standard InChI is InChI=1S/C13H17N3O4S/c1-8-13(9(2)15-14-8)21(17,18)16-10-5-6-11(19-3)12(7-10)20-4/h5-7,16H,1-4H3,(H,14,15). The summed E-state index contributed by atoms with van der Waals surface area (Å²) in [4.78, 5) is 0.150. The highest BCUT2D eigenvalue weighted by Crippen LogP contribution is 2.31. The number of methoxy groups -OCH3 is 2. The number of hydrogen-bond acceptors (Lipinski definition) is 5. The fourth-order valence-corrected chi connectivity index (χ4v) is 3.47. The van der Waals surface area contributed by atoms with E-state index in [0.29, 0.717) is 28.6 Å². The molecule has 0 aliphatic rings. The van der Waals surface area contributed by atoms with Gasteiger partial charge in [0.05, 0.1) is 31.3 Å². The summed E-state index contributed by atoms with van der Waals surface area (Å²) in [6, 6.07) is 4.79. The van der Waals surface area contributed by atoms with Gasteiger partial charge in [-0.15, -0.1) is 0 Å². The van der Waals surface area contributed by atoms with Crippen LogP contribution in [0.2, 0.25) is 0 Å². The molecule has 0 aliphatic heterocycles.